The summed E-state index contributed by atoms with van der Waals surface area (Å²) >= 11 is 0. The Hall–Kier alpha value is -1.51. The van der Waals surface area contributed by atoms with E-state index in [0.29, 0.717) is 5.75 Å². The highest BCUT2D eigenvalue weighted by Gasteiger charge is 2.14. The van der Waals surface area contributed by atoms with Crippen LogP contribution in [-0.4, -0.2) is 17.0 Å². The van der Waals surface area contributed by atoms with Gasteiger partial charge in [-0.2, -0.15) is 0 Å². The van der Waals surface area contributed by atoms with Crippen molar-refractivity contribution in [2.75, 3.05) is 0 Å². The summed E-state index contributed by atoms with van der Waals surface area (Å²) in [6.45, 7) is 5.34. The van der Waals surface area contributed by atoms with Crippen LogP contribution in [0.2, 0.25) is 0 Å². The summed E-state index contributed by atoms with van der Waals surface area (Å²) in [5, 5.41) is 9.55. The van der Waals surface area contributed by atoms with Crippen molar-refractivity contribution < 1.29 is 14.6 Å². The molecule has 1 aromatic carbocycles. The molecule has 1 N–H and O–H groups in total. The molecule has 1 aromatic rings. The van der Waals surface area contributed by atoms with E-state index in [4.69, 9.17) is 4.74 Å². The molecule has 0 aromatic heterocycles. The molecule has 0 bridgehead atoms. The molecule has 1 rings (SSSR count). The highest BCUT2D eigenvalue weighted by atomic mass is 16.5. The number of hydrogen-bond acceptors (Lipinski definition) is 3. The number of rotatable bonds is 4. The second-order valence-electron chi connectivity index (χ2n) is 3.54. The second-order valence-corrected chi connectivity index (χ2v) is 3.54. The van der Waals surface area contributed by atoms with E-state index >= 15 is 0 Å². The Bertz CT molecular complexity index is 358. The molecule has 0 saturated carbocycles. The van der Waals surface area contributed by atoms with E-state index in [1.165, 1.54) is 13.0 Å². The SMILES string of the molecule is CCC(C)Oc1cccc(O)c1C(C)=O. The molecule has 0 aliphatic rings. The van der Waals surface area contributed by atoms with Crippen LogP contribution in [-0.2, 0) is 0 Å². The number of phenolic OH excluding ortho intramolecular Hbond substituents is 1. The number of hydrogen-bond donors (Lipinski definition) is 1. The van der Waals surface area contributed by atoms with E-state index in [9.17, 15) is 9.90 Å². The zero-order chi connectivity index (χ0) is 11.4. The van der Waals surface area contributed by atoms with Gasteiger partial charge >= 0.3 is 0 Å². The fraction of sp³-hybridized carbons (Fsp3) is 0.417. The van der Waals surface area contributed by atoms with E-state index in [1.54, 1.807) is 12.1 Å². The first kappa shape index (κ1) is 11.6. The Balaban J connectivity index is 3.06. The lowest BCUT2D eigenvalue weighted by Crippen LogP contribution is -2.12. The fourth-order valence-electron chi connectivity index (χ4n) is 1.27. The van der Waals surface area contributed by atoms with Crippen molar-refractivity contribution in [3.63, 3.8) is 0 Å². The number of ketones is 1. The largest absolute Gasteiger partial charge is 0.507 e. The van der Waals surface area contributed by atoms with Gasteiger partial charge in [0.25, 0.3) is 0 Å². The number of carbonyl (C=O) groups excluding carboxylic acids is 1. The predicted molar refractivity (Wildman–Crippen MR) is 58.5 cm³/mol. The topological polar surface area (TPSA) is 46.5 Å². The van der Waals surface area contributed by atoms with Crippen LogP contribution >= 0.6 is 0 Å². The van der Waals surface area contributed by atoms with Crippen LogP contribution in [0.25, 0.3) is 0 Å². The van der Waals surface area contributed by atoms with Crippen LogP contribution in [0.3, 0.4) is 0 Å². The first-order chi connectivity index (χ1) is 7.06. The van der Waals surface area contributed by atoms with Gasteiger partial charge in [-0.25, -0.2) is 0 Å². The number of ether oxygens (including phenoxy) is 1. The van der Waals surface area contributed by atoms with Gasteiger partial charge in [0.1, 0.15) is 17.1 Å². The minimum atomic E-state index is -0.189. The molecule has 0 heterocycles. The van der Waals surface area contributed by atoms with E-state index in [1.807, 2.05) is 13.8 Å². The minimum Gasteiger partial charge on any atom is -0.507 e. The van der Waals surface area contributed by atoms with Gasteiger partial charge in [-0.1, -0.05) is 13.0 Å². The molecule has 82 valence electrons. The molecular formula is C12H16O3. The maximum atomic E-state index is 11.3. The van der Waals surface area contributed by atoms with Gasteiger partial charge in [-0.3, -0.25) is 4.79 Å². The quantitative estimate of drug-likeness (QED) is 0.774. The van der Waals surface area contributed by atoms with Gasteiger partial charge in [0.2, 0.25) is 0 Å². The summed E-state index contributed by atoms with van der Waals surface area (Å²) < 4.78 is 5.56. The molecule has 15 heavy (non-hydrogen) atoms. The molecule has 0 fully saturated rings. The third-order valence-electron chi connectivity index (χ3n) is 2.26. The van der Waals surface area contributed by atoms with Crippen molar-refractivity contribution in [3.05, 3.63) is 23.8 Å². The molecule has 0 amide bonds. The summed E-state index contributed by atoms with van der Waals surface area (Å²) in [6, 6.07) is 4.85. The van der Waals surface area contributed by atoms with E-state index in [2.05, 4.69) is 0 Å². The number of Topliss-reactive ketones (excluding diaryl/α,β-unsaturated/α-hetero) is 1. The van der Waals surface area contributed by atoms with Crippen LogP contribution in [0.15, 0.2) is 18.2 Å². The third kappa shape index (κ3) is 2.72. The van der Waals surface area contributed by atoms with Gasteiger partial charge < -0.3 is 9.84 Å². The van der Waals surface area contributed by atoms with Crippen LogP contribution < -0.4 is 4.74 Å². The van der Waals surface area contributed by atoms with Gasteiger partial charge in [0, 0.05) is 0 Å². The zero-order valence-corrected chi connectivity index (χ0v) is 9.28. The Morgan fingerprint density at radius 3 is 2.73 bits per heavy atom. The lowest BCUT2D eigenvalue weighted by Gasteiger charge is -2.15. The summed E-state index contributed by atoms with van der Waals surface area (Å²) in [5.74, 6) is 0.242. The van der Waals surface area contributed by atoms with Crippen molar-refractivity contribution in [1.29, 1.82) is 0 Å². The van der Waals surface area contributed by atoms with Crippen LogP contribution in [0, 0.1) is 0 Å². The summed E-state index contributed by atoms with van der Waals surface area (Å²) in [5.41, 5.74) is 0.262. The van der Waals surface area contributed by atoms with Crippen molar-refractivity contribution in [2.24, 2.45) is 0 Å². The Kier molecular flexibility index (Phi) is 3.72. The van der Waals surface area contributed by atoms with Crippen molar-refractivity contribution >= 4 is 5.78 Å². The van der Waals surface area contributed by atoms with Crippen molar-refractivity contribution in [2.45, 2.75) is 33.3 Å². The fourth-order valence-corrected chi connectivity index (χ4v) is 1.27. The maximum absolute atomic E-state index is 11.3. The molecule has 3 heteroatoms. The second kappa shape index (κ2) is 4.82. The monoisotopic (exact) mass is 208 g/mol. The molecule has 3 nitrogen and oxygen atoms in total. The van der Waals surface area contributed by atoms with Gasteiger partial charge in [-0.05, 0) is 32.4 Å². The molecule has 1 unspecified atom stereocenters. The van der Waals surface area contributed by atoms with Crippen LogP contribution in [0.4, 0.5) is 0 Å². The van der Waals surface area contributed by atoms with E-state index in [0.717, 1.165) is 6.42 Å². The highest BCUT2D eigenvalue weighted by Crippen LogP contribution is 2.28. The normalized spacial score (nSPS) is 12.2. The molecule has 0 aliphatic heterocycles. The first-order valence-corrected chi connectivity index (χ1v) is 5.05. The molecule has 0 spiro atoms. The Morgan fingerprint density at radius 1 is 1.53 bits per heavy atom. The highest BCUT2D eigenvalue weighted by molar-refractivity contribution is 5.99. The predicted octanol–water partition coefficient (Wildman–Crippen LogP) is 2.77. The molecule has 0 aliphatic carbocycles. The maximum Gasteiger partial charge on any atom is 0.167 e. The van der Waals surface area contributed by atoms with Crippen LogP contribution in [0.5, 0.6) is 11.5 Å². The smallest absolute Gasteiger partial charge is 0.167 e. The van der Waals surface area contributed by atoms with Gasteiger partial charge in [0.05, 0.1) is 6.10 Å². The molecule has 0 radical (unpaired) electrons. The Morgan fingerprint density at radius 2 is 2.20 bits per heavy atom. The van der Waals surface area contributed by atoms with Crippen molar-refractivity contribution in [1.82, 2.24) is 0 Å². The lowest BCUT2D eigenvalue weighted by molar-refractivity contribution is 0.100. The van der Waals surface area contributed by atoms with E-state index in [-0.39, 0.29) is 23.2 Å². The molecule has 0 saturated heterocycles. The summed E-state index contributed by atoms with van der Waals surface area (Å²) in [6.07, 6.45) is 0.886. The van der Waals surface area contributed by atoms with Gasteiger partial charge in [-0.15, -0.1) is 0 Å². The Labute approximate surface area is 89.7 Å². The molecular weight excluding hydrogens is 192 g/mol. The average molecular weight is 208 g/mol. The summed E-state index contributed by atoms with van der Waals surface area (Å²) in [4.78, 5) is 11.3. The number of aromatic hydroxyl groups is 1. The van der Waals surface area contributed by atoms with Gasteiger partial charge in [0.15, 0.2) is 5.78 Å². The standard InChI is InChI=1S/C12H16O3/c1-4-8(2)15-11-7-5-6-10(14)12(11)9(3)13/h5-8,14H,4H2,1-3H3. The van der Waals surface area contributed by atoms with E-state index < -0.39 is 0 Å². The summed E-state index contributed by atoms with van der Waals surface area (Å²) in [7, 11) is 0. The number of benzene rings is 1. The first-order valence-electron chi connectivity index (χ1n) is 5.05. The van der Waals surface area contributed by atoms with Crippen molar-refractivity contribution in [3.8, 4) is 11.5 Å². The number of carbonyl (C=O) groups is 1. The molecule has 1 atom stereocenters. The average Bonchev–Trinajstić information content (AvgIpc) is 2.17. The zero-order valence-electron chi connectivity index (χ0n) is 9.28. The van der Waals surface area contributed by atoms with Crippen LogP contribution in [0.1, 0.15) is 37.6 Å². The lowest BCUT2D eigenvalue weighted by atomic mass is 10.1. The third-order valence-corrected chi connectivity index (χ3v) is 2.26. The number of phenols is 1. The minimum absolute atomic E-state index is 0.0247.